The molecule has 0 spiro atoms. The summed E-state index contributed by atoms with van der Waals surface area (Å²) in [6.07, 6.45) is 0. The molecule has 0 aliphatic rings. The predicted octanol–water partition coefficient (Wildman–Crippen LogP) is 4.84. The lowest BCUT2D eigenvalue weighted by atomic mass is 10.1. The molecular formula is C15H12ClFOS. The van der Waals surface area contributed by atoms with Gasteiger partial charge in [-0.2, -0.15) is 0 Å². The van der Waals surface area contributed by atoms with E-state index in [0.29, 0.717) is 10.6 Å². The number of carbonyl (C=O) groups is 1. The van der Waals surface area contributed by atoms with E-state index in [9.17, 15) is 9.18 Å². The second kappa shape index (κ2) is 6.22. The van der Waals surface area contributed by atoms with Crippen molar-refractivity contribution in [1.29, 1.82) is 0 Å². The number of thioether (sulfide) groups is 1. The van der Waals surface area contributed by atoms with Gasteiger partial charge in [-0.05, 0) is 43.3 Å². The summed E-state index contributed by atoms with van der Waals surface area (Å²) in [6, 6.07) is 13.0. The van der Waals surface area contributed by atoms with E-state index >= 15 is 0 Å². The maximum atomic E-state index is 12.8. The van der Waals surface area contributed by atoms with Gasteiger partial charge in [0, 0.05) is 10.5 Å². The zero-order chi connectivity index (χ0) is 13.8. The zero-order valence-electron chi connectivity index (χ0n) is 10.3. The van der Waals surface area contributed by atoms with Crippen molar-refractivity contribution in [3.05, 3.63) is 64.9 Å². The minimum absolute atomic E-state index is 0.0371. The standard InChI is InChI=1S/C15H12ClFOS/c1-10(19-14-5-3-2-4-13(14)16)15(18)11-6-8-12(17)9-7-11/h2-10H,1H3. The SMILES string of the molecule is CC(Sc1ccccc1Cl)C(=O)c1ccc(F)cc1. The van der Waals surface area contributed by atoms with E-state index in [1.54, 1.807) is 6.07 Å². The third-order valence-corrected chi connectivity index (χ3v) is 4.26. The summed E-state index contributed by atoms with van der Waals surface area (Å²) in [5, 5.41) is 0.358. The van der Waals surface area contributed by atoms with Gasteiger partial charge < -0.3 is 0 Å². The first kappa shape index (κ1) is 14.1. The Morgan fingerprint density at radius 1 is 1.16 bits per heavy atom. The maximum absolute atomic E-state index is 12.8. The summed E-state index contributed by atoms with van der Waals surface area (Å²) in [5.74, 6) is -0.382. The fourth-order valence-corrected chi connectivity index (χ4v) is 2.86. The molecule has 2 aromatic carbocycles. The minimum Gasteiger partial charge on any atom is -0.293 e. The number of rotatable bonds is 4. The highest BCUT2D eigenvalue weighted by Gasteiger charge is 2.17. The first-order valence-electron chi connectivity index (χ1n) is 5.79. The van der Waals surface area contributed by atoms with Gasteiger partial charge in [0.2, 0.25) is 0 Å². The van der Waals surface area contributed by atoms with Gasteiger partial charge in [-0.1, -0.05) is 23.7 Å². The first-order valence-corrected chi connectivity index (χ1v) is 7.04. The molecule has 0 amide bonds. The largest absolute Gasteiger partial charge is 0.293 e. The van der Waals surface area contributed by atoms with Crippen LogP contribution in [0.5, 0.6) is 0 Å². The van der Waals surface area contributed by atoms with Crippen molar-refractivity contribution in [2.24, 2.45) is 0 Å². The van der Waals surface area contributed by atoms with Crippen LogP contribution in [0.1, 0.15) is 17.3 Å². The van der Waals surface area contributed by atoms with Crippen molar-refractivity contribution in [3.63, 3.8) is 0 Å². The van der Waals surface area contributed by atoms with Crippen LogP contribution in [0.2, 0.25) is 5.02 Å². The van der Waals surface area contributed by atoms with E-state index in [4.69, 9.17) is 11.6 Å². The number of halogens is 2. The smallest absolute Gasteiger partial charge is 0.175 e. The van der Waals surface area contributed by atoms with E-state index in [0.717, 1.165) is 4.90 Å². The molecule has 98 valence electrons. The van der Waals surface area contributed by atoms with Crippen molar-refractivity contribution in [3.8, 4) is 0 Å². The molecule has 0 aliphatic heterocycles. The highest BCUT2D eigenvalue weighted by molar-refractivity contribution is 8.00. The Hall–Kier alpha value is -1.32. The van der Waals surface area contributed by atoms with Crippen molar-refractivity contribution >= 4 is 29.1 Å². The quantitative estimate of drug-likeness (QED) is 0.593. The van der Waals surface area contributed by atoms with Crippen LogP contribution in [0, 0.1) is 5.82 Å². The Morgan fingerprint density at radius 3 is 2.42 bits per heavy atom. The molecule has 2 rings (SSSR count). The topological polar surface area (TPSA) is 17.1 Å². The molecule has 0 N–H and O–H groups in total. The van der Waals surface area contributed by atoms with Crippen LogP contribution in [0.15, 0.2) is 53.4 Å². The van der Waals surface area contributed by atoms with E-state index < -0.39 is 0 Å². The van der Waals surface area contributed by atoms with Crippen molar-refractivity contribution in [2.75, 3.05) is 0 Å². The molecule has 19 heavy (non-hydrogen) atoms. The number of carbonyl (C=O) groups excluding carboxylic acids is 1. The predicted molar refractivity (Wildman–Crippen MR) is 77.5 cm³/mol. The minimum atomic E-state index is -0.344. The van der Waals surface area contributed by atoms with Gasteiger partial charge in [0.15, 0.2) is 5.78 Å². The lowest BCUT2D eigenvalue weighted by Crippen LogP contribution is -2.13. The molecule has 2 aromatic rings. The number of hydrogen-bond donors (Lipinski definition) is 0. The van der Waals surface area contributed by atoms with Crippen LogP contribution in [-0.4, -0.2) is 11.0 Å². The summed E-state index contributed by atoms with van der Waals surface area (Å²) in [6.45, 7) is 1.82. The molecule has 0 fully saturated rings. The van der Waals surface area contributed by atoms with Crippen LogP contribution in [0.4, 0.5) is 4.39 Å². The van der Waals surface area contributed by atoms with Gasteiger partial charge in [0.25, 0.3) is 0 Å². The average Bonchev–Trinajstić information content (AvgIpc) is 2.41. The second-order valence-electron chi connectivity index (χ2n) is 4.06. The Balaban J connectivity index is 2.12. The Labute approximate surface area is 120 Å². The Kier molecular flexibility index (Phi) is 4.61. The van der Waals surface area contributed by atoms with Crippen molar-refractivity contribution in [1.82, 2.24) is 0 Å². The third-order valence-electron chi connectivity index (χ3n) is 2.64. The molecular weight excluding hydrogens is 283 g/mol. The lowest BCUT2D eigenvalue weighted by Gasteiger charge is -2.11. The zero-order valence-corrected chi connectivity index (χ0v) is 11.8. The molecule has 0 saturated heterocycles. The van der Waals surface area contributed by atoms with Crippen LogP contribution in [0.25, 0.3) is 0 Å². The molecule has 1 nitrogen and oxygen atoms in total. The molecule has 1 atom stereocenters. The summed E-state index contributed by atoms with van der Waals surface area (Å²) >= 11 is 7.46. The van der Waals surface area contributed by atoms with Crippen LogP contribution in [0.3, 0.4) is 0 Å². The van der Waals surface area contributed by atoms with E-state index in [1.807, 2.05) is 25.1 Å². The van der Waals surface area contributed by atoms with Gasteiger partial charge in [0.1, 0.15) is 5.82 Å². The molecule has 0 aromatic heterocycles. The number of hydrogen-bond acceptors (Lipinski definition) is 2. The number of benzene rings is 2. The van der Waals surface area contributed by atoms with Gasteiger partial charge in [0.05, 0.1) is 10.3 Å². The van der Waals surface area contributed by atoms with E-state index in [1.165, 1.54) is 36.0 Å². The first-order chi connectivity index (χ1) is 9.08. The molecule has 0 heterocycles. The monoisotopic (exact) mass is 294 g/mol. The summed E-state index contributed by atoms with van der Waals surface area (Å²) < 4.78 is 12.8. The van der Waals surface area contributed by atoms with Crippen molar-refractivity contribution < 1.29 is 9.18 Å². The van der Waals surface area contributed by atoms with Crippen LogP contribution in [-0.2, 0) is 0 Å². The number of ketones is 1. The normalized spacial score (nSPS) is 12.2. The fourth-order valence-electron chi connectivity index (χ4n) is 1.63. The van der Waals surface area contributed by atoms with Crippen LogP contribution < -0.4 is 0 Å². The van der Waals surface area contributed by atoms with Gasteiger partial charge in [-0.25, -0.2) is 4.39 Å². The lowest BCUT2D eigenvalue weighted by molar-refractivity contribution is 0.0994. The second-order valence-corrected chi connectivity index (χ2v) is 5.85. The molecule has 1 unspecified atom stereocenters. The fraction of sp³-hybridized carbons (Fsp3) is 0.133. The van der Waals surface area contributed by atoms with E-state index in [-0.39, 0.29) is 16.9 Å². The number of Topliss-reactive ketones (excluding diaryl/α,β-unsaturated/α-hetero) is 1. The average molecular weight is 295 g/mol. The Morgan fingerprint density at radius 2 is 1.79 bits per heavy atom. The van der Waals surface area contributed by atoms with Gasteiger partial charge >= 0.3 is 0 Å². The highest BCUT2D eigenvalue weighted by atomic mass is 35.5. The van der Waals surface area contributed by atoms with Gasteiger partial charge in [-0.15, -0.1) is 11.8 Å². The molecule has 0 saturated carbocycles. The summed E-state index contributed by atoms with van der Waals surface area (Å²) in [5.41, 5.74) is 0.508. The van der Waals surface area contributed by atoms with Gasteiger partial charge in [-0.3, -0.25) is 4.79 Å². The molecule has 4 heteroatoms. The van der Waals surface area contributed by atoms with Crippen LogP contribution >= 0.6 is 23.4 Å². The molecule has 0 radical (unpaired) electrons. The molecule has 0 bridgehead atoms. The van der Waals surface area contributed by atoms with E-state index in [2.05, 4.69) is 0 Å². The summed E-state index contributed by atoms with van der Waals surface area (Å²) in [7, 11) is 0. The highest BCUT2D eigenvalue weighted by Crippen LogP contribution is 2.31. The third kappa shape index (κ3) is 3.58. The maximum Gasteiger partial charge on any atom is 0.175 e. The summed E-state index contributed by atoms with van der Waals surface area (Å²) in [4.78, 5) is 13.1. The molecule has 0 aliphatic carbocycles. The van der Waals surface area contributed by atoms with Crippen molar-refractivity contribution in [2.45, 2.75) is 17.1 Å². The Bertz CT molecular complexity index is 583.